The Bertz CT molecular complexity index is 1330. The summed E-state index contributed by atoms with van der Waals surface area (Å²) in [6.07, 6.45) is -2.22. The Labute approximate surface area is 205 Å². The van der Waals surface area contributed by atoms with Gasteiger partial charge in [-0.3, -0.25) is 9.67 Å². The van der Waals surface area contributed by atoms with E-state index in [1.54, 1.807) is 53.5 Å². The predicted octanol–water partition coefficient (Wildman–Crippen LogP) is 5.15. The number of anilines is 2. The maximum Gasteiger partial charge on any atom is 0.416 e. The maximum absolute atomic E-state index is 13.3. The Balaban J connectivity index is 1.80. The molecule has 11 heteroatoms. The van der Waals surface area contributed by atoms with Gasteiger partial charge in [-0.25, -0.2) is 4.98 Å². The third-order valence-corrected chi connectivity index (χ3v) is 5.65. The number of hydrogen-bond donors (Lipinski definition) is 1. The van der Waals surface area contributed by atoms with Crippen LogP contribution in [0.2, 0.25) is 0 Å². The molecule has 190 valence electrons. The lowest BCUT2D eigenvalue weighted by Gasteiger charge is -2.29. The van der Waals surface area contributed by atoms with Gasteiger partial charge in [-0.1, -0.05) is 0 Å². The van der Waals surface area contributed by atoms with Crippen molar-refractivity contribution in [3.05, 3.63) is 55.0 Å². The Morgan fingerprint density at radius 1 is 0.972 bits per heavy atom. The zero-order valence-corrected chi connectivity index (χ0v) is 20.2. The van der Waals surface area contributed by atoms with Gasteiger partial charge in [-0.2, -0.15) is 18.3 Å². The molecule has 8 nitrogen and oxygen atoms in total. The first kappa shape index (κ1) is 25.2. The molecule has 0 fully saturated rings. The van der Waals surface area contributed by atoms with Crippen molar-refractivity contribution >= 4 is 22.4 Å². The van der Waals surface area contributed by atoms with Gasteiger partial charge in [0.05, 0.1) is 49.9 Å². The smallest absolute Gasteiger partial charge is 0.416 e. The first-order chi connectivity index (χ1) is 17.1. The SMILES string of the molecule is COc1cc(OC)cc(N(C[C@H](O)C(F)(F)F)c2ccc3ncc(-c4cnn(C(C)C)c4)nc3c2)c1. The number of fused-ring (bicyclic) bond motifs is 1. The van der Waals surface area contributed by atoms with Crippen LogP contribution in [0, 0.1) is 0 Å². The second-order valence-electron chi connectivity index (χ2n) is 8.47. The van der Waals surface area contributed by atoms with Crippen LogP contribution < -0.4 is 14.4 Å². The van der Waals surface area contributed by atoms with Crippen molar-refractivity contribution in [2.75, 3.05) is 25.7 Å². The van der Waals surface area contributed by atoms with Gasteiger partial charge >= 0.3 is 6.18 Å². The molecule has 0 bridgehead atoms. The summed E-state index contributed by atoms with van der Waals surface area (Å²) in [6, 6.07) is 9.85. The van der Waals surface area contributed by atoms with E-state index in [4.69, 9.17) is 9.47 Å². The molecule has 0 amide bonds. The average molecular weight is 502 g/mol. The molecule has 0 spiro atoms. The quantitative estimate of drug-likeness (QED) is 0.357. The topological polar surface area (TPSA) is 85.5 Å². The maximum atomic E-state index is 13.3. The molecule has 0 aliphatic carbocycles. The van der Waals surface area contributed by atoms with Crippen LogP contribution in [0.5, 0.6) is 11.5 Å². The van der Waals surface area contributed by atoms with Crippen LogP contribution in [-0.2, 0) is 0 Å². The summed E-state index contributed by atoms with van der Waals surface area (Å²) in [7, 11) is 2.89. The minimum absolute atomic E-state index is 0.173. The molecule has 1 N–H and O–H groups in total. The highest BCUT2D eigenvalue weighted by Gasteiger charge is 2.39. The highest BCUT2D eigenvalue weighted by molar-refractivity contribution is 5.82. The molecule has 0 aliphatic rings. The Hall–Kier alpha value is -3.86. The van der Waals surface area contributed by atoms with E-state index in [0.29, 0.717) is 39.6 Å². The van der Waals surface area contributed by atoms with Crippen LogP contribution in [0.3, 0.4) is 0 Å². The lowest BCUT2D eigenvalue weighted by atomic mass is 10.1. The molecule has 4 aromatic rings. The Morgan fingerprint density at radius 3 is 2.25 bits per heavy atom. The molecule has 0 saturated heterocycles. The lowest BCUT2D eigenvalue weighted by molar-refractivity contribution is -0.199. The molecular weight excluding hydrogens is 475 g/mol. The minimum Gasteiger partial charge on any atom is -0.497 e. The first-order valence-electron chi connectivity index (χ1n) is 11.2. The summed E-state index contributed by atoms with van der Waals surface area (Å²) < 4.78 is 52.4. The number of benzene rings is 2. The number of aromatic nitrogens is 4. The van der Waals surface area contributed by atoms with Gasteiger partial charge in [-0.05, 0) is 32.0 Å². The van der Waals surface area contributed by atoms with Gasteiger partial charge in [0.1, 0.15) is 11.5 Å². The van der Waals surface area contributed by atoms with Crippen LogP contribution >= 0.6 is 0 Å². The molecule has 0 unspecified atom stereocenters. The molecule has 36 heavy (non-hydrogen) atoms. The number of aliphatic hydroxyl groups is 1. The van der Waals surface area contributed by atoms with E-state index in [9.17, 15) is 18.3 Å². The van der Waals surface area contributed by atoms with E-state index in [-0.39, 0.29) is 6.04 Å². The first-order valence-corrected chi connectivity index (χ1v) is 11.2. The minimum atomic E-state index is -4.80. The molecule has 0 saturated carbocycles. The number of nitrogens with zero attached hydrogens (tertiary/aromatic N) is 5. The molecule has 0 aliphatic heterocycles. The number of alkyl halides is 3. The third kappa shape index (κ3) is 5.35. The average Bonchev–Trinajstić information content (AvgIpc) is 3.36. The third-order valence-electron chi connectivity index (χ3n) is 5.65. The normalized spacial score (nSPS) is 12.7. The van der Waals surface area contributed by atoms with E-state index in [2.05, 4.69) is 15.1 Å². The fourth-order valence-electron chi connectivity index (χ4n) is 3.64. The highest BCUT2D eigenvalue weighted by atomic mass is 19.4. The van der Waals surface area contributed by atoms with Crippen LogP contribution in [0.25, 0.3) is 22.3 Å². The molecule has 4 rings (SSSR count). The molecule has 2 aromatic carbocycles. The zero-order valence-electron chi connectivity index (χ0n) is 20.2. The summed E-state index contributed by atoms with van der Waals surface area (Å²) in [5, 5.41) is 14.2. The van der Waals surface area contributed by atoms with Gasteiger partial charge in [0, 0.05) is 47.4 Å². The van der Waals surface area contributed by atoms with E-state index in [1.807, 2.05) is 20.0 Å². The standard InChI is InChI=1S/C25H26F3N5O3/c1-15(2)33-13-16(11-30-33)23-12-29-21-6-5-17(9-22(21)31-23)32(14-24(34)25(26,27)28)18-7-19(35-3)10-20(8-18)36-4/h5-13,15,24,34H,14H2,1-4H3/t24-/m0/s1. The second-order valence-corrected chi connectivity index (χ2v) is 8.47. The number of halogens is 3. The lowest BCUT2D eigenvalue weighted by Crippen LogP contribution is -2.39. The fraction of sp³-hybridized carbons (Fsp3) is 0.320. The summed E-state index contributed by atoms with van der Waals surface area (Å²) in [5.41, 5.74) is 3.12. The fourth-order valence-corrected chi connectivity index (χ4v) is 3.64. The molecule has 2 aromatic heterocycles. The largest absolute Gasteiger partial charge is 0.497 e. The van der Waals surface area contributed by atoms with Crippen molar-refractivity contribution in [1.82, 2.24) is 19.7 Å². The highest BCUT2D eigenvalue weighted by Crippen LogP contribution is 2.35. The molecular formula is C25H26F3N5O3. The van der Waals surface area contributed by atoms with E-state index >= 15 is 0 Å². The van der Waals surface area contributed by atoms with Crippen LogP contribution in [0.1, 0.15) is 19.9 Å². The van der Waals surface area contributed by atoms with Gasteiger partial charge in [0.15, 0.2) is 6.10 Å². The van der Waals surface area contributed by atoms with Crippen molar-refractivity contribution in [3.63, 3.8) is 0 Å². The van der Waals surface area contributed by atoms with Crippen LogP contribution in [-0.4, -0.2) is 57.9 Å². The van der Waals surface area contributed by atoms with Gasteiger partial charge in [0.2, 0.25) is 0 Å². The Morgan fingerprint density at radius 2 is 1.67 bits per heavy atom. The number of ether oxygens (including phenoxy) is 2. The predicted molar refractivity (Wildman–Crippen MR) is 130 cm³/mol. The van der Waals surface area contributed by atoms with E-state index in [1.165, 1.54) is 19.1 Å². The van der Waals surface area contributed by atoms with Crippen molar-refractivity contribution < 1.29 is 27.8 Å². The van der Waals surface area contributed by atoms with Crippen molar-refractivity contribution in [3.8, 4) is 22.8 Å². The van der Waals surface area contributed by atoms with Gasteiger partial charge in [-0.15, -0.1) is 0 Å². The van der Waals surface area contributed by atoms with E-state index < -0.39 is 18.8 Å². The Kier molecular flexibility index (Phi) is 7.02. The van der Waals surface area contributed by atoms with Crippen molar-refractivity contribution in [1.29, 1.82) is 0 Å². The number of aliphatic hydroxyl groups excluding tert-OH is 1. The summed E-state index contributed by atoms with van der Waals surface area (Å²) in [6.45, 7) is 3.26. The van der Waals surface area contributed by atoms with Crippen LogP contribution in [0.15, 0.2) is 55.0 Å². The van der Waals surface area contributed by atoms with E-state index in [0.717, 1.165) is 5.56 Å². The van der Waals surface area contributed by atoms with Gasteiger partial charge < -0.3 is 19.5 Å². The molecule has 2 heterocycles. The van der Waals surface area contributed by atoms with Crippen molar-refractivity contribution in [2.45, 2.75) is 32.2 Å². The summed E-state index contributed by atoms with van der Waals surface area (Å²) >= 11 is 0. The molecule has 0 radical (unpaired) electrons. The summed E-state index contributed by atoms with van der Waals surface area (Å²) in [5.74, 6) is 0.779. The van der Waals surface area contributed by atoms with Crippen molar-refractivity contribution in [2.24, 2.45) is 0 Å². The van der Waals surface area contributed by atoms with Crippen LogP contribution in [0.4, 0.5) is 24.5 Å². The zero-order chi connectivity index (χ0) is 26.0. The molecule has 1 atom stereocenters. The van der Waals surface area contributed by atoms with Gasteiger partial charge in [0.25, 0.3) is 0 Å². The summed E-state index contributed by atoms with van der Waals surface area (Å²) in [4.78, 5) is 10.5. The number of hydrogen-bond acceptors (Lipinski definition) is 7. The number of methoxy groups -OCH3 is 2. The second kappa shape index (κ2) is 10.0. The monoisotopic (exact) mass is 501 g/mol. The number of rotatable bonds is 8.